The van der Waals surface area contributed by atoms with Crippen LogP contribution in [0.4, 0.5) is 5.82 Å². The molecule has 1 aromatic carbocycles. The number of hydrogen-bond acceptors (Lipinski definition) is 10. The van der Waals surface area contributed by atoms with Crippen LogP contribution in [0.1, 0.15) is 11.8 Å². The smallest absolute Gasteiger partial charge is 0.348 e. The zero-order valence-electron chi connectivity index (χ0n) is 18.9. The van der Waals surface area contributed by atoms with Crippen molar-refractivity contribution in [1.29, 1.82) is 0 Å². The highest BCUT2D eigenvalue weighted by atomic mass is 35.5. The molecule has 0 fully saturated rings. The normalized spacial score (nSPS) is 14.1. The van der Waals surface area contributed by atoms with Crippen LogP contribution in [-0.2, 0) is 25.5 Å². The number of terminal acetylenes is 1. The molecule has 3 atom stereocenters. The Labute approximate surface area is 219 Å². The summed E-state index contributed by atoms with van der Waals surface area (Å²) in [6.07, 6.45) is 1.52. The predicted molar refractivity (Wildman–Crippen MR) is 130 cm³/mol. The fourth-order valence-electron chi connectivity index (χ4n) is 3.39. The molecule has 196 valence electrons. The number of imidazole rings is 1. The number of aliphatic hydroxyl groups excluding tert-OH is 2. The van der Waals surface area contributed by atoms with Crippen LogP contribution in [0.3, 0.4) is 0 Å². The number of rotatable bonds is 12. The van der Waals surface area contributed by atoms with Crippen LogP contribution < -0.4 is 5.73 Å². The predicted octanol–water partition coefficient (Wildman–Crippen LogP) is 0.753. The van der Waals surface area contributed by atoms with E-state index in [4.69, 9.17) is 44.8 Å². The van der Waals surface area contributed by atoms with Crippen molar-refractivity contribution in [3.63, 3.8) is 0 Å². The van der Waals surface area contributed by atoms with E-state index in [1.165, 1.54) is 35.2 Å². The number of ether oxygens (including phenoxy) is 2. The Balaban J connectivity index is 1.90. The molecule has 2 heterocycles. The van der Waals surface area contributed by atoms with E-state index >= 15 is 0 Å². The SMILES string of the molecule is C#C[C@@H](O)[C@@H](O[C@@H](CO)COC(Cc1cccc(Cl)c1)(C(=O)O)C(=O)O)n1cnc2c(N)nc(Cl)nc21. The highest BCUT2D eigenvalue weighted by Crippen LogP contribution is 2.27. The summed E-state index contributed by atoms with van der Waals surface area (Å²) in [7, 11) is 0. The molecular formula is C22H21Cl2N5O8. The first-order chi connectivity index (χ1) is 17.5. The maximum atomic E-state index is 12.1. The van der Waals surface area contributed by atoms with Gasteiger partial charge in [0.2, 0.25) is 5.28 Å². The number of carboxylic acids is 2. The molecule has 6 N–H and O–H groups in total. The fraction of sp³-hybridized carbons (Fsp3) is 0.318. The van der Waals surface area contributed by atoms with Gasteiger partial charge in [-0.2, -0.15) is 9.97 Å². The first-order valence-electron chi connectivity index (χ1n) is 10.4. The van der Waals surface area contributed by atoms with Gasteiger partial charge in [-0.05, 0) is 29.3 Å². The number of aromatic nitrogens is 4. The summed E-state index contributed by atoms with van der Waals surface area (Å²) in [4.78, 5) is 36.0. The summed E-state index contributed by atoms with van der Waals surface area (Å²) in [5.74, 6) is -1.57. The van der Waals surface area contributed by atoms with Crippen molar-refractivity contribution in [2.75, 3.05) is 18.9 Å². The van der Waals surface area contributed by atoms with Gasteiger partial charge in [-0.1, -0.05) is 29.7 Å². The van der Waals surface area contributed by atoms with Gasteiger partial charge in [0.1, 0.15) is 11.6 Å². The molecule has 0 amide bonds. The molecule has 0 aliphatic carbocycles. The number of benzene rings is 1. The number of halogens is 2. The topological polar surface area (TPSA) is 203 Å². The minimum atomic E-state index is -2.75. The molecule has 0 unspecified atom stereocenters. The molecule has 0 saturated carbocycles. The molecule has 0 bridgehead atoms. The van der Waals surface area contributed by atoms with Crippen LogP contribution in [-0.4, -0.2) is 82.9 Å². The lowest BCUT2D eigenvalue weighted by Crippen LogP contribution is -2.52. The zero-order valence-corrected chi connectivity index (χ0v) is 20.4. The van der Waals surface area contributed by atoms with Gasteiger partial charge >= 0.3 is 11.9 Å². The van der Waals surface area contributed by atoms with Gasteiger partial charge in [-0.25, -0.2) is 14.6 Å². The molecule has 2 aromatic heterocycles. The molecule has 0 spiro atoms. The second-order valence-electron chi connectivity index (χ2n) is 7.70. The third-order valence-electron chi connectivity index (χ3n) is 5.22. The number of hydrogen-bond donors (Lipinski definition) is 5. The molecule has 15 heteroatoms. The van der Waals surface area contributed by atoms with Gasteiger partial charge < -0.3 is 35.6 Å². The Morgan fingerprint density at radius 3 is 2.54 bits per heavy atom. The Kier molecular flexibility index (Phi) is 8.87. The van der Waals surface area contributed by atoms with Gasteiger partial charge in [0, 0.05) is 11.4 Å². The number of carboxylic acid groups (broad SMARTS) is 2. The molecule has 0 aliphatic rings. The number of aliphatic carboxylic acids is 2. The van der Waals surface area contributed by atoms with Crippen LogP contribution in [0.2, 0.25) is 10.3 Å². The van der Waals surface area contributed by atoms with Crippen molar-refractivity contribution in [1.82, 2.24) is 19.5 Å². The summed E-state index contributed by atoms with van der Waals surface area (Å²) < 4.78 is 12.2. The average molecular weight is 554 g/mol. The van der Waals surface area contributed by atoms with Crippen LogP contribution in [0, 0.1) is 12.3 Å². The Hall–Kier alpha value is -3.51. The van der Waals surface area contributed by atoms with E-state index in [0.29, 0.717) is 0 Å². The molecular weight excluding hydrogens is 533 g/mol. The molecule has 3 rings (SSSR count). The quantitative estimate of drug-likeness (QED) is 0.120. The molecule has 0 radical (unpaired) electrons. The first-order valence-corrected chi connectivity index (χ1v) is 11.2. The van der Waals surface area contributed by atoms with Crippen LogP contribution >= 0.6 is 23.2 Å². The van der Waals surface area contributed by atoms with Crippen molar-refractivity contribution in [2.45, 2.75) is 30.5 Å². The summed E-state index contributed by atoms with van der Waals surface area (Å²) in [6, 6.07) is 5.94. The van der Waals surface area contributed by atoms with E-state index < -0.39 is 55.6 Å². The number of nitrogen functional groups attached to an aromatic ring is 1. The average Bonchev–Trinajstić information content (AvgIpc) is 3.26. The molecule has 37 heavy (non-hydrogen) atoms. The van der Waals surface area contributed by atoms with Gasteiger partial charge in [-0.3, -0.25) is 4.57 Å². The highest BCUT2D eigenvalue weighted by Gasteiger charge is 2.49. The Morgan fingerprint density at radius 1 is 1.24 bits per heavy atom. The number of nitrogens with zero attached hydrogens (tertiary/aromatic N) is 4. The number of fused-ring (bicyclic) bond motifs is 1. The standard InChI is InChI=1S/C22H21Cl2N5O8/c1-2-14(31)18(29-10-26-15-16(25)27-21(24)28-17(15)29)37-13(8-30)9-36-22(19(32)33,20(34)35)7-11-4-3-5-12(23)6-11/h1,3-6,10,13-14,18,30-31H,7-9H2,(H,32,33)(H,34,35)(H2,25,27,28)/t13-,14+,18+/m0/s1. The Morgan fingerprint density at radius 2 is 1.95 bits per heavy atom. The maximum Gasteiger partial charge on any atom is 0.348 e. The van der Waals surface area contributed by atoms with E-state index in [-0.39, 0.29) is 32.9 Å². The minimum absolute atomic E-state index is 0.0424. The number of carbonyl (C=O) groups is 2. The minimum Gasteiger partial charge on any atom is -0.479 e. The number of aliphatic hydroxyl groups is 2. The van der Waals surface area contributed by atoms with Gasteiger partial charge in [0.25, 0.3) is 5.60 Å². The van der Waals surface area contributed by atoms with E-state index in [1.807, 2.05) is 0 Å². The lowest BCUT2D eigenvalue weighted by molar-refractivity contribution is -0.195. The van der Waals surface area contributed by atoms with Crippen molar-refractivity contribution in [3.8, 4) is 12.3 Å². The summed E-state index contributed by atoms with van der Waals surface area (Å²) in [5, 5.41) is 39.9. The van der Waals surface area contributed by atoms with Crippen molar-refractivity contribution < 1.29 is 39.5 Å². The van der Waals surface area contributed by atoms with Crippen LogP contribution in [0.25, 0.3) is 11.2 Å². The molecule has 13 nitrogen and oxygen atoms in total. The van der Waals surface area contributed by atoms with Crippen LogP contribution in [0.15, 0.2) is 30.6 Å². The summed E-state index contributed by atoms with van der Waals surface area (Å²) in [5.41, 5.74) is 3.49. The highest BCUT2D eigenvalue weighted by molar-refractivity contribution is 6.30. The van der Waals surface area contributed by atoms with Gasteiger partial charge in [0.05, 0.1) is 19.5 Å². The fourth-order valence-corrected chi connectivity index (χ4v) is 3.77. The summed E-state index contributed by atoms with van der Waals surface area (Å²) in [6.45, 7) is -1.50. The number of anilines is 1. The van der Waals surface area contributed by atoms with E-state index in [1.54, 1.807) is 0 Å². The zero-order chi connectivity index (χ0) is 27.3. The second-order valence-corrected chi connectivity index (χ2v) is 8.47. The van der Waals surface area contributed by atoms with Crippen molar-refractivity contribution in [2.24, 2.45) is 0 Å². The molecule has 0 saturated heterocycles. The number of nitrogens with two attached hydrogens (primary N) is 1. The monoisotopic (exact) mass is 553 g/mol. The third-order valence-corrected chi connectivity index (χ3v) is 5.62. The van der Waals surface area contributed by atoms with E-state index in [0.717, 1.165) is 0 Å². The van der Waals surface area contributed by atoms with Crippen molar-refractivity contribution in [3.05, 3.63) is 46.5 Å². The van der Waals surface area contributed by atoms with Crippen molar-refractivity contribution >= 4 is 52.1 Å². The first kappa shape index (κ1) is 28.1. The maximum absolute atomic E-state index is 12.1. The largest absolute Gasteiger partial charge is 0.479 e. The van der Waals surface area contributed by atoms with Gasteiger partial charge in [-0.15, -0.1) is 6.42 Å². The lowest BCUT2D eigenvalue weighted by atomic mass is 9.94. The van der Waals surface area contributed by atoms with Crippen LogP contribution in [0.5, 0.6) is 0 Å². The lowest BCUT2D eigenvalue weighted by Gasteiger charge is -2.30. The Bertz CT molecular complexity index is 1330. The van der Waals surface area contributed by atoms with E-state index in [2.05, 4.69) is 20.9 Å². The second kappa shape index (κ2) is 11.7. The van der Waals surface area contributed by atoms with Gasteiger partial charge in [0.15, 0.2) is 23.8 Å². The molecule has 0 aliphatic heterocycles. The molecule has 3 aromatic rings. The third kappa shape index (κ3) is 6.08. The summed E-state index contributed by atoms with van der Waals surface area (Å²) >= 11 is 11.8. The van der Waals surface area contributed by atoms with E-state index in [9.17, 15) is 30.0 Å².